The van der Waals surface area contributed by atoms with Crippen LogP contribution in [0.15, 0.2) is 40.7 Å². The van der Waals surface area contributed by atoms with Crippen molar-refractivity contribution < 1.29 is 0 Å². The Bertz CT molecular complexity index is 682. The van der Waals surface area contributed by atoms with Gasteiger partial charge in [0.05, 0.1) is 6.54 Å². The number of rotatable bonds is 11. The van der Waals surface area contributed by atoms with Crippen LogP contribution in [0, 0.1) is 0 Å². The summed E-state index contributed by atoms with van der Waals surface area (Å²) in [4.78, 5) is 6.68. The summed E-state index contributed by atoms with van der Waals surface area (Å²) in [7, 11) is 0. The van der Waals surface area contributed by atoms with Gasteiger partial charge in [0, 0.05) is 44.5 Å². The van der Waals surface area contributed by atoms with Crippen molar-refractivity contribution in [3.63, 3.8) is 0 Å². The molecule has 0 fully saturated rings. The van der Waals surface area contributed by atoms with Gasteiger partial charge in [-0.3, -0.25) is 9.71 Å². The van der Waals surface area contributed by atoms with Gasteiger partial charge in [-0.1, -0.05) is 37.6 Å². The van der Waals surface area contributed by atoms with Gasteiger partial charge in [-0.15, -0.1) is 11.3 Å². The lowest BCUT2D eigenvalue weighted by Gasteiger charge is -2.06. The van der Waals surface area contributed by atoms with Gasteiger partial charge in [0.25, 0.3) is 0 Å². The van der Waals surface area contributed by atoms with E-state index in [0.29, 0.717) is 6.54 Å². The largest absolute Gasteiger partial charge is 0.311 e. The second-order valence-corrected chi connectivity index (χ2v) is 8.03. The van der Waals surface area contributed by atoms with Crippen LogP contribution in [-0.4, -0.2) is 25.8 Å². The highest BCUT2D eigenvalue weighted by Gasteiger charge is 2.04. The molecule has 1 heterocycles. The number of unbranched alkanes of at least 4 members (excludes halogenated alkanes) is 1. The molecule has 0 saturated carbocycles. The molecule has 0 spiro atoms. The Morgan fingerprint density at radius 1 is 1.42 bits per heavy atom. The van der Waals surface area contributed by atoms with Crippen molar-refractivity contribution in [3.8, 4) is 0 Å². The first-order chi connectivity index (χ1) is 11.7. The van der Waals surface area contributed by atoms with E-state index in [1.54, 1.807) is 23.3 Å². The maximum Gasteiger partial charge on any atom is 0.0701 e. The molecule has 0 aliphatic heterocycles. The van der Waals surface area contributed by atoms with Crippen molar-refractivity contribution in [3.05, 3.63) is 45.6 Å². The average molecular weight is 382 g/mol. The van der Waals surface area contributed by atoms with Gasteiger partial charge in [0.15, 0.2) is 0 Å². The zero-order valence-corrected chi connectivity index (χ0v) is 16.4. The standard InChI is InChI=1S/C18H24ClN3S2/c1-3-4-8-20-12-14(2)24-22-10-9-21-13-15-11-16-17(19)6-5-7-18(16)23-15/h5-8,11,21-22H,2-4,9-10,12-13H2,1H3. The number of hydrogen-bond donors (Lipinski definition) is 2. The minimum Gasteiger partial charge on any atom is -0.311 e. The van der Waals surface area contributed by atoms with Crippen LogP contribution in [0.1, 0.15) is 24.6 Å². The third-order valence-electron chi connectivity index (χ3n) is 3.29. The molecule has 2 N–H and O–H groups in total. The Morgan fingerprint density at radius 3 is 3.08 bits per heavy atom. The van der Waals surface area contributed by atoms with Crippen LogP contribution >= 0.6 is 34.9 Å². The fourth-order valence-corrected chi connectivity index (χ4v) is 3.98. The highest BCUT2D eigenvalue weighted by atomic mass is 35.5. The van der Waals surface area contributed by atoms with E-state index < -0.39 is 0 Å². The highest BCUT2D eigenvalue weighted by molar-refractivity contribution is 8.01. The molecule has 1 aromatic heterocycles. The average Bonchev–Trinajstić information content (AvgIpc) is 2.99. The molecule has 0 bridgehead atoms. The first kappa shape index (κ1) is 19.5. The Hall–Kier alpha value is -0.850. The van der Waals surface area contributed by atoms with Gasteiger partial charge in [-0.25, -0.2) is 0 Å². The van der Waals surface area contributed by atoms with Crippen LogP contribution in [0.3, 0.4) is 0 Å². The summed E-state index contributed by atoms with van der Waals surface area (Å²) in [6.45, 7) is 9.50. The SMILES string of the molecule is C=C(CN=CCCC)SNCCNCc1cc2c(Cl)cccc2s1. The zero-order valence-electron chi connectivity index (χ0n) is 14.0. The molecule has 1 aromatic carbocycles. The number of hydrogen-bond acceptors (Lipinski definition) is 5. The monoisotopic (exact) mass is 381 g/mol. The van der Waals surface area contributed by atoms with E-state index in [1.807, 2.05) is 18.3 Å². The third-order valence-corrected chi connectivity index (χ3v) is 5.49. The molecule has 0 aliphatic rings. The summed E-state index contributed by atoms with van der Waals surface area (Å²) in [6.07, 6.45) is 4.15. The molecule has 24 heavy (non-hydrogen) atoms. The molecule has 0 saturated heterocycles. The van der Waals surface area contributed by atoms with Gasteiger partial charge in [-0.05, 0) is 42.8 Å². The number of aliphatic imine (C=N–C) groups is 1. The fraction of sp³-hybridized carbons (Fsp3) is 0.389. The molecule has 6 heteroatoms. The zero-order chi connectivity index (χ0) is 17.2. The second-order valence-electron chi connectivity index (χ2n) is 5.39. The number of halogens is 1. The normalized spacial score (nSPS) is 11.6. The van der Waals surface area contributed by atoms with Crippen LogP contribution in [0.2, 0.25) is 5.02 Å². The van der Waals surface area contributed by atoms with Crippen molar-refractivity contribution in [2.75, 3.05) is 19.6 Å². The molecule has 2 aromatic rings. The van der Waals surface area contributed by atoms with Crippen molar-refractivity contribution in [2.45, 2.75) is 26.3 Å². The van der Waals surface area contributed by atoms with Crippen molar-refractivity contribution in [1.29, 1.82) is 0 Å². The third kappa shape index (κ3) is 6.57. The number of fused-ring (bicyclic) bond motifs is 1. The van der Waals surface area contributed by atoms with Crippen LogP contribution in [0.5, 0.6) is 0 Å². The van der Waals surface area contributed by atoms with Crippen molar-refractivity contribution >= 4 is 51.2 Å². The minimum absolute atomic E-state index is 0.688. The van der Waals surface area contributed by atoms with Gasteiger partial charge >= 0.3 is 0 Å². The first-order valence-corrected chi connectivity index (χ1v) is 10.1. The Morgan fingerprint density at radius 2 is 2.29 bits per heavy atom. The van der Waals surface area contributed by atoms with Gasteiger partial charge in [0.2, 0.25) is 0 Å². The van der Waals surface area contributed by atoms with Gasteiger partial charge in [0.1, 0.15) is 0 Å². The number of nitrogens with zero attached hydrogens (tertiary/aromatic N) is 1. The predicted molar refractivity (Wildman–Crippen MR) is 112 cm³/mol. The van der Waals surface area contributed by atoms with Crippen molar-refractivity contribution in [1.82, 2.24) is 10.0 Å². The maximum absolute atomic E-state index is 6.21. The van der Waals surface area contributed by atoms with E-state index in [0.717, 1.165) is 47.8 Å². The Kier molecular flexibility index (Phi) is 8.84. The van der Waals surface area contributed by atoms with E-state index in [-0.39, 0.29) is 0 Å². The lowest BCUT2D eigenvalue weighted by Crippen LogP contribution is -2.23. The van der Waals surface area contributed by atoms with E-state index in [2.05, 4.69) is 40.7 Å². The molecule has 0 unspecified atom stereocenters. The molecule has 0 atom stereocenters. The highest BCUT2D eigenvalue weighted by Crippen LogP contribution is 2.30. The number of benzene rings is 1. The van der Waals surface area contributed by atoms with Crippen LogP contribution in [0.25, 0.3) is 10.1 Å². The topological polar surface area (TPSA) is 36.4 Å². The minimum atomic E-state index is 0.688. The van der Waals surface area contributed by atoms with Crippen LogP contribution in [-0.2, 0) is 6.54 Å². The fourth-order valence-electron chi connectivity index (χ4n) is 2.09. The summed E-state index contributed by atoms with van der Waals surface area (Å²) in [5.74, 6) is 0. The van der Waals surface area contributed by atoms with Crippen LogP contribution in [0.4, 0.5) is 0 Å². The molecule has 3 nitrogen and oxygen atoms in total. The lowest BCUT2D eigenvalue weighted by atomic mass is 10.2. The summed E-state index contributed by atoms with van der Waals surface area (Å²) < 4.78 is 4.55. The quantitative estimate of drug-likeness (QED) is 0.316. The summed E-state index contributed by atoms with van der Waals surface area (Å²) in [5, 5.41) is 5.42. The Balaban J connectivity index is 1.59. The predicted octanol–water partition coefficient (Wildman–Crippen LogP) is 5.27. The van der Waals surface area contributed by atoms with E-state index >= 15 is 0 Å². The first-order valence-electron chi connectivity index (χ1n) is 8.14. The van der Waals surface area contributed by atoms with Gasteiger partial charge in [-0.2, -0.15) is 0 Å². The lowest BCUT2D eigenvalue weighted by molar-refractivity contribution is 0.688. The number of thiophene rings is 1. The molecule has 2 rings (SSSR count). The second kappa shape index (κ2) is 10.9. The number of nitrogens with one attached hydrogen (secondary N) is 2. The molecule has 130 valence electrons. The van der Waals surface area contributed by atoms with Crippen LogP contribution < -0.4 is 10.0 Å². The van der Waals surface area contributed by atoms with E-state index in [9.17, 15) is 0 Å². The molecule has 0 amide bonds. The molecular formula is C18H24ClN3S2. The Labute approximate surface area is 157 Å². The summed E-state index contributed by atoms with van der Waals surface area (Å²) >= 11 is 9.58. The van der Waals surface area contributed by atoms with E-state index in [4.69, 9.17) is 11.6 Å². The van der Waals surface area contributed by atoms with E-state index in [1.165, 1.54) is 9.58 Å². The van der Waals surface area contributed by atoms with Gasteiger partial charge < -0.3 is 5.32 Å². The summed E-state index contributed by atoms with van der Waals surface area (Å²) in [5.41, 5.74) is 0. The summed E-state index contributed by atoms with van der Waals surface area (Å²) in [6, 6.07) is 8.22. The molecular weight excluding hydrogens is 358 g/mol. The maximum atomic E-state index is 6.21. The molecule has 0 aliphatic carbocycles. The van der Waals surface area contributed by atoms with Crippen molar-refractivity contribution in [2.24, 2.45) is 4.99 Å². The molecule has 0 radical (unpaired) electrons. The smallest absolute Gasteiger partial charge is 0.0701 e.